The zero-order valence-corrected chi connectivity index (χ0v) is 9.08. The molecule has 1 N–H and O–H groups in total. The van der Waals surface area contributed by atoms with E-state index in [1.165, 1.54) is 24.3 Å². The molecule has 0 aliphatic heterocycles. The van der Waals surface area contributed by atoms with Gasteiger partial charge < -0.3 is 9.84 Å². The molecular formula is C13H12FNO2. The normalized spacial score (nSPS) is 12.1. The number of hydrogen-bond donors (Lipinski definition) is 1. The summed E-state index contributed by atoms with van der Waals surface area (Å²) in [4.78, 5) is 3.86. The second-order valence-electron chi connectivity index (χ2n) is 3.56. The summed E-state index contributed by atoms with van der Waals surface area (Å²) in [5, 5.41) is 9.81. The highest BCUT2D eigenvalue weighted by Crippen LogP contribution is 2.16. The van der Waals surface area contributed by atoms with E-state index in [9.17, 15) is 9.50 Å². The van der Waals surface area contributed by atoms with Gasteiger partial charge in [0.25, 0.3) is 0 Å². The molecule has 0 saturated carbocycles. The van der Waals surface area contributed by atoms with Gasteiger partial charge >= 0.3 is 0 Å². The number of aromatic nitrogens is 1. The lowest BCUT2D eigenvalue weighted by molar-refractivity contribution is 0.108. The van der Waals surface area contributed by atoms with Gasteiger partial charge in [0.1, 0.15) is 24.3 Å². The average molecular weight is 233 g/mol. The van der Waals surface area contributed by atoms with E-state index >= 15 is 0 Å². The lowest BCUT2D eigenvalue weighted by Gasteiger charge is -2.12. The first-order chi connectivity index (χ1) is 8.25. The molecule has 0 spiro atoms. The summed E-state index contributed by atoms with van der Waals surface area (Å²) < 4.78 is 18.0. The van der Waals surface area contributed by atoms with E-state index in [0.717, 1.165) is 5.56 Å². The topological polar surface area (TPSA) is 42.4 Å². The molecule has 0 amide bonds. The number of hydrogen-bond acceptors (Lipinski definition) is 3. The molecule has 3 nitrogen and oxygen atoms in total. The molecule has 2 rings (SSSR count). The maximum atomic E-state index is 12.6. The first-order valence-electron chi connectivity index (χ1n) is 5.22. The second kappa shape index (κ2) is 5.41. The fourth-order valence-electron chi connectivity index (χ4n) is 1.39. The van der Waals surface area contributed by atoms with Gasteiger partial charge in [0.05, 0.1) is 0 Å². The number of pyridine rings is 1. The van der Waals surface area contributed by atoms with Gasteiger partial charge in [0.2, 0.25) is 0 Å². The number of aliphatic hydroxyl groups excluding tert-OH is 1. The van der Waals surface area contributed by atoms with E-state index in [2.05, 4.69) is 4.98 Å². The molecular weight excluding hydrogens is 221 g/mol. The van der Waals surface area contributed by atoms with Crippen molar-refractivity contribution in [3.8, 4) is 5.75 Å². The molecule has 1 heterocycles. The highest BCUT2D eigenvalue weighted by Gasteiger charge is 2.07. The SMILES string of the molecule is OC(COc1ccc(F)cc1)c1ccncc1. The number of benzene rings is 1. The van der Waals surface area contributed by atoms with E-state index in [0.29, 0.717) is 5.75 Å². The van der Waals surface area contributed by atoms with E-state index < -0.39 is 6.10 Å². The summed E-state index contributed by atoms with van der Waals surface area (Å²) >= 11 is 0. The van der Waals surface area contributed by atoms with Crippen LogP contribution in [0.15, 0.2) is 48.8 Å². The smallest absolute Gasteiger partial charge is 0.123 e. The molecule has 0 aliphatic rings. The number of halogens is 1. The highest BCUT2D eigenvalue weighted by molar-refractivity contribution is 5.22. The summed E-state index contributed by atoms with van der Waals surface area (Å²) in [7, 11) is 0. The van der Waals surface area contributed by atoms with Crippen LogP contribution >= 0.6 is 0 Å². The standard InChI is InChI=1S/C13H12FNO2/c14-11-1-3-12(4-2-11)17-9-13(16)10-5-7-15-8-6-10/h1-8,13,16H,9H2. The summed E-state index contributed by atoms with van der Waals surface area (Å²) in [5.41, 5.74) is 0.738. The minimum atomic E-state index is -0.719. The van der Waals surface area contributed by atoms with Gasteiger partial charge in [-0.1, -0.05) is 0 Å². The Kier molecular flexibility index (Phi) is 3.67. The van der Waals surface area contributed by atoms with Crippen molar-refractivity contribution >= 4 is 0 Å². The minimum Gasteiger partial charge on any atom is -0.491 e. The Hall–Kier alpha value is -1.94. The first kappa shape index (κ1) is 11.5. The lowest BCUT2D eigenvalue weighted by atomic mass is 10.2. The first-order valence-corrected chi connectivity index (χ1v) is 5.22. The molecule has 0 bridgehead atoms. The Morgan fingerprint density at radius 3 is 2.41 bits per heavy atom. The van der Waals surface area contributed by atoms with Crippen molar-refractivity contribution in [1.29, 1.82) is 0 Å². The maximum Gasteiger partial charge on any atom is 0.123 e. The third-order valence-electron chi connectivity index (χ3n) is 2.31. The third kappa shape index (κ3) is 3.26. The lowest BCUT2D eigenvalue weighted by Crippen LogP contribution is -2.09. The van der Waals surface area contributed by atoms with Crippen molar-refractivity contribution in [1.82, 2.24) is 4.98 Å². The zero-order valence-electron chi connectivity index (χ0n) is 9.08. The Balaban J connectivity index is 1.92. The van der Waals surface area contributed by atoms with Crippen molar-refractivity contribution in [3.05, 3.63) is 60.2 Å². The Labute approximate surface area is 98.5 Å². The largest absolute Gasteiger partial charge is 0.491 e. The van der Waals surface area contributed by atoms with Gasteiger partial charge in [-0.3, -0.25) is 4.98 Å². The van der Waals surface area contributed by atoms with Crippen molar-refractivity contribution in [2.24, 2.45) is 0 Å². The van der Waals surface area contributed by atoms with Gasteiger partial charge in [-0.15, -0.1) is 0 Å². The summed E-state index contributed by atoms with van der Waals surface area (Å²) in [6.07, 6.45) is 2.50. The van der Waals surface area contributed by atoms with Crippen LogP contribution in [0.2, 0.25) is 0 Å². The average Bonchev–Trinajstić information content (AvgIpc) is 2.39. The van der Waals surface area contributed by atoms with Crippen LogP contribution in [0.5, 0.6) is 5.75 Å². The molecule has 0 saturated heterocycles. The van der Waals surface area contributed by atoms with Gasteiger partial charge in [-0.2, -0.15) is 0 Å². The van der Waals surface area contributed by atoms with Crippen LogP contribution in [-0.4, -0.2) is 16.7 Å². The van der Waals surface area contributed by atoms with Crippen molar-refractivity contribution in [3.63, 3.8) is 0 Å². The maximum absolute atomic E-state index is 12.6. The molecule has 17 heavy (non-hydrogen) atoms. The number of ether oxygens (including phenoxy) is 1. The van der Waals surface area contributed by atoms with E-state index in [1.807, 2.05) is 0 Å². The fourth-order valence-corrected chi connectivity index (χ4v) is 1.39. The van der Waals surface area contributed by atoms with Crippen molar-refractivity contribution in [2.75, 3.05) is 6.61 Å². The predicted octanol–water partition coefficient (Wildman–Crippen LogP) is 2.33. The Bertz CT molecular complexity index is 459. The molecule has 1 atom stereocenters. The summed E-state index contributed by atoms with van der Waals surface area (Å²) in [6, 6.07) is 9.11. The molecule has 1 aromatic heterocycles. The molecule has 0 aliphatic carbocycles. The van der Waals surface area contributed by atoms with Gasteiger partial charge in [0.15, 0.2) is 0 Å². The van der Waals surface area contributed by atoms with E-state index in [1.54, 1.807) is 24.5 Å². The van der Waals surface area contributed by atoms with E-state index in [4.69, 9.17) is 4.74 Å². The van der Waals surface area contributed by atoms with Crippen LogP contribution in [0, 0.1) is 5.82 Å². The van der Waals surface area contributed by atoms with Crippen LogP contribution < -0.4 is 4.74 Å². The van der Waals surface area contributed by atoms with E-state index in [-0.39, 0.29) is 12.4 Å². The van der Waals surface area contributed by atoms with Crippen LogP contribution in [0.4, 0.5) is 4.39 Å². The number of aliphatic hydroxyl groups is 1. The summed E-state index contributed by atoms with van der Waals surface area (Å²) in [6.45, 7) is 0.121. The molecule has 0 fully saturated rings. The monoisotopic (exact) mass is 233 g/mol. The van der Waals surface area contributed by atoms with Gasteiger partial charge in [-0.05, 0) is 42.0 Å². The molecule has 4 heteroatoms. The second-order valence-corrected chi connectivity index (χ2v) is 3.56. The van der Waals surface area contributed by atoms with Gasteiger partial charge in [0, 0.05) is 12.4 Å². The minimum absolute atomic E-state index is 0.121. The molecule has 2 aromatic rings. The predicted molar refractivity (Wildman–Crippen MR) is 61.1 cm³/mol. The van der Waals surface area contributed by atoms with Crippen LogP contribution in [0.25, 0.3) is 0 Å². The molecule has 0 radical (unpaired) electrons. The molecule has 1 unspecified atom stereocenters. The number of rotatable bonds is 4. The van der Waals surface area contributed by atoms with Crippen molar-refractivity contribution < 1.29 is 14.2 Å². The number of nitrogens with zero attached hydrogens (tertiary/aromatic N) is 1. The Morgan fingerprint density at radius 2 is 1.76 bits per heavy atom. The fraction of sp³-hybridized carbons (Fsp3) is 0.154. The summed E-state index contributed by atoms with van der Waals surface area (Å²) in [5.74, 6) is 0.214. The van der Waals surface area contributed by atoms with Crippen LogP contribution in [0.1, 0.15) is 11.7 Å². The van der Waals surface area contributed by atoms with Crippen molar-refractivity contribution in [2.45, 2.75) is 6.10 Å². The highest BCUT2D eigenvalue weighted by atomic mass is 19.1. The zero-order chi connectivity index (χ0) is 12.1. The quantitative estimate of drug-likeness (QED) is 0.881. The van der Waals surface area contributed by atoms with Gasteiger partial charge in [-0.25, -0.2) is 4.39 Å². The third-order valence-corrected chi connectivity index (χ3v) is 2.31. The van der Waals surface area contributed by atoms with Crippen LogP contribution in [0.3, 0.4) is 0 Å². The van der Waals surface area contributed by atoms with Crippen LogP contribution in [-0.2, 0) is 0 Å². The Morgan fingerprint density at radius 1 is 1.12 bits per heavy atom. The molecule has 88 valence electrons. The molecule has 1 aromatic carbocycles.